The minimum Gasteiger partial charge on any atom is -0.389 e. The monoisotopic (exact) mass is 231 g/mol. The number of anilines is 1. The third kappa shape index (κ3) is 3.39. The van der Waals surface area contributed by atoms with E-state index in [2.05, 4.69) is 4.98 Å². The highest BCUT2D eigenvalue weighted by atomic mass is 32.1. The van der Waals surface area contributed by atoms with Gasteiger partial charge >= 0.3 is 0 Å². The Labute approximate surface area is 91.9 Å². The van der Waals surface area contributed by atoms with E-state index in [-0.39, 0.29) is 11.5 Å². The summed E-state index contributed by atoms with van der Waals surface area (Å²) in [6, 6.07) is 3.23. The number of hydrogen-bond donors (Lipinski definition) is 1. The first-order chi connectivity index (χ1) is 7.00. The second-order valence-electron chi connectivity index (χ2n) is 3.04. The Balaban J connectivity index is 2.85. The van der Waals surface area contributed by atoms with E-state index < -0.39 is 6.43 Å². The number of alkyl halides is 2. The lowest BCUT2D eigenvalue weighted by atomic mass is 10.2. The third-order valence-electron chi connectivity index (χ3n) is 1.83. The van der Waals surface area contributed by atoms with Crippen LogP contribution < -0.4 is 10.6 Å². The Morgan fingerprint density at radius 1 is 1.67 bits per heavy atom. The van der Waals surface area contributed by atoms with Crippen LogP contribution in [0.2, 0.25) is 0 Å². The fourth-order valence-electron chi connectivity index (χ4n) is 1.08. The minimum absolute atomic E-state index is 0.226. The number of halogens is 2. The van der Waals surface area contributed by atoms with Crippen LogP contribution >= 0.6 is 12.2 Å². The molecular weight excluding hydrogens is 220 g/mol. The quantitative estimate of drug-likeness (QED) is 0.796. The Bertz CT molecular complexity index is 357. The topological polar surface area (TPSA) is 42.1 Å². The average molecular weight is 231 g/mol. The van der Waals surface area contributed by atoms with Crippen LogP contribution in [0.4, 0.5) is 14.6 Å². The van der Waals surface area contributed by atoms with Gasteiger partial charge in [-0.15, -0.1) is 0 Å². The van der Waals surface area contributed by atoms with E-state index in [1.54, 1.807) is 12.1 Å². The van der Waals surface area contributed by atoms with Gasteiger partial charge in [-0.1, -0.05) is 12.2 Å². The van der Waals surface area contributed by atoms with E-state index in [0.717, 1.165) is 0 Å². The zero-order chi connectivity index (χ0) is 11.4. The maximum atomic E-state index is 12.1. The number of aromatic nitrogens is 1. The van der Waals surface area contributed by atoms with E-state index in [4.69, 9.17) is 18.0 Å². The van der Waals surface area contributed by atoms with Gasteiger partial charge in [0, 0.05) is 18.8 Å². The lowest BCUT2D eigenvalue weighted by Gasteiger charge is -2.17. The largest absolute Gasteiger partial charge is 0.389 e. The summed E-state index contributed by atoms with van der Waals surface area (Å²) in [6.07, 6.45) is -0.906. The van der Waals surface area contributed by atoms with Gasteiger partial charge in [0.2, 0.25) is 0 Å². The van der Waals surface area contributed by atoms with E-state index >= 15 is 0 Å². The summed E-state index contributed by atoms with van der Waals surface area (Å²) < 4.78 is 24.2. The van der Waals surface area contributed by atoms with Crippen molar-refractivity contribution in [2.75, 3.05) is 18.5 Å². The third-order valence-corrected chi connectivity index (χ3v) is 2.07. The highest BCUT2D eigenvalue weighted by Crippen LogP contribution is 2.12. The first-order valence-corrected chi connectivity index (χ1v) is 4.66. The molecule has 82 valence electrons. The molecule has 0 amide bonds. The molecule has 2 N–H and O–H groups in total. The van der Waals surface area contributed by atoms with Gasteiger partial charge in [0.25, 0.3) is 6.43 Å². The van der Waals surface area contributed by atoms with Crippen molar-refractivity contribution in [3.8, 4) is 0 Å². The standard InChI is InChI=1S/C9H11F2N3S/c1-14(5-7(10)11)8-4-6(9(12)15)2-3-13-8/h2-4,7H,5H2,1H3,(H2,12,15). The lowest BCUT2D eigenvalue weighted by Crippen LogP contribution is -2.25. The molecule has 0 aromatic carbocycles. The van der Waals surface area contributed by atoms with E-state index in [0.29, 0.717) is 11.4 Å². The van der Waals surface area contributed by atoms with Gasteiger partial charge < -0.3 is 10.6 Å². The summed E-state index contributed by atoms with van der Waals surface area (Å²) in [5.74, 6) is 0.431. The SMILES string of the molecule is CN(CC(F)F)c1cc(C(N)=S)ccn1. The van der Waals surface area contributed by atoms with Gasteiger partial charge in [-0.05, 0) is 12.1 Å². The molecule has 1 aromatic rings. The summed E-state index contributed by atoms with van der Waals surface area (Å²) >= 11 is 4.78. The van der Waals surface area contributed by atoms with Gasteiger partial charge in [0.15, 0.2) is 0 Å². The number of rotatable bonds is 4. The smallest absolute Gasteiger partial charge is 0.255 e. The van der Waals surface area contributed by atoms with E-state index in [9.17, 15) is 8.78 Å². The highest BCUT2D eigenvalue weighted by Gasteiger charge is 2.10. The van der Waals surface area contributed by atoms with Crippen molar-refractivity contribution >= 4 is 23.0 Å². The fraction of sp³-hybridized carbons (Fsp3) is 0.333. The average Bonchev–Trinajstić information content (AvgIpc) is 2.17. The summed E-state index contributed by atoms with van der Waals surface area (Å²) in [4.78, 5) is 5.53. The molecule has 1 heterocycles. The number of nitrogens with zero attached hydrogens (tertiary/aromatic N) is 2. The summed E-state index contributed by atoms with van der Waals surface area (Å²) in [7, 11) is 1.54. The molecular formula is C9H11F2N3S. The summed E-state index contributed by atoms with van der Waals surface area (Å²) in [6.45, 7) is -0.367. The number of pyridine rings is 1. The fourth-order valence-corrected chi connectivity index (χ4v) is 1.21. The molecule has 0 unspecified atom stereocenters. The molecule has 0 aliphatic heterocycles. The zero-order valence-electron chi connectivity index (χ0n) is 8.15. The Kier molecular flexibility index (Phi) is 3.90. The van der Waals surface area contributed by atoms with Crippen molar-refractivity contribution < 1.29 is 8.78 Å². The van der Waals surface area contributed by atoms with E-state index in [1.165, 1.54) is 18.1 Å². The van der Waals surface area contributed by atoms with Crippen LogP contribution in [0.25, 0.3) is 0 Å². The summed E-state index contributed by atoms with van der Waals surface area (Å²) in [5, 5.41) is 0. The van der Waals surface area contributed by atoms with Crippen LogP contribution in [0, 0.1) is 0 Å². The zero-order valence-corrected chi connectivity index (χ0v) is 8.97. The molecule has 0 saturated carbocycles. The van der Waals surface area contributed by atoms with Crippen LogP contribution in [0.15, 0.2) is 18.3 Å². The molecule has 1 rings (SSSR count). The van der Waals surface area contributed by atoms with Gasteiger partial charge in [-0.25, -0.2) is 13.8 Å². The first kappa shape index (κ1) is 11.8. The van der Waals surface area contributed by atoms with Gasteiger partial charge in [-0.3, -0.25) is 0 Å². The molecule has 3 nitrogen and oxygen atoms in total. The number of nitrogens with two attached hydrogens (primary N) is 1. The lowest BCUT2D eigenvalue weighted by molar-refractivity contribution is 0.156. The van der Waals surface area contributed by atoms with Crippen LogP contribution in [-0.2, 0) is 0 Å². The Morgan fingerprint density at radius 3 is 2.87 bits per heavy atom. The maximum Gasteiger partial charge on any atom is 0.255 e. The maximum absolute atomic E-state index is 12.1. The highest BCUT2D eigenvalue weighted by molar-refractivity contribution is 7.80. The number of hydrogen-bond acceptors (Lipinski definition) is 3. The predicted octanol–water partition coefficient (Wildman–Crippen LogP) is 1.42. The van der Waals surface area contributed by atoms with Crippen molar-refractivity contribution in [1.29, 1.82) is 0 Å². The molecule has 0 saturated heterocycles. The predicted molar refractivity (Wildman–Crippen MR) is 59.4 cm³/mol. The van der Waals surface area contributed by atoms with Crippen LogP contribution in [-0.4, -0.2) is 30.0 Å². The minimum atomic E-state index is -2.40. The van der Waals surface area contributed by atoms with Gasteiger partial charge in [0.05, 0.1) is 6.54 Å². The van der Waals surface area contributed by atoms with Crippen molar-refractivity contribution in [2.24, 2.45) is 5.73 Å². The molecule has 0 aliphatic rings. The molecule has 0 aliphatic carbocycles. The van der Waals surface area contributed by atoms with Crippen molar-refractivity contribution in [3.63, 3.8) is 0 Å². The molecule has 1 aromatic heterocycles. The van der Waals surface area contributed by atoms with Crippen molar-refractivity contribution in [3.05, 3.63) is 23.9 Å². The van der Waals surface area contributed by atoms with Crippen LogP contribution in [0.1, 0.15) is 5.56 Å². The first-order valence-electron chi connectivity index (χ1n) is 4.26. The van der Waals surface area contributed by atoms with Gasteiger partial charge in [-0.2, -0.15) is 0 Å². The molecule has 15 heavy (non-hydrogen) atoms. The van der Waals surface area contributed by atoms with Crippen molar-refractivity contribution in [2.45, 2.75) is 6.43 Å². The molecule has 6 heteroatoms. The molecule has 0 bridgehead atoms. The van der Waals surface area contributed by atoms with E-state index in [1.807, 2.05) is 0 Å². The van der Waals surface area contributed by atoms with Crippen LogP contribution in [0.3, 0.4) is 0 Å². The Morgan fingerprint density at radius 2 is 2.33 bits per heavy atom. The molecule has 0 radical (unpaired) electrons. The number of thiocarbonyl (C=S) groups is 1. The van der Waals surface area contributed by atoms with Crippen LogP contribution in [0.5, 0.6) is 0 Å². The summed E-state index contributed by atoms with van der Waals surface area (Å²) in [5.41, 5.74) is 6.04. The van der Waals surface area contributed by atoms with Gasteiger partial charge in [0.1, 0.15) is 10.8 Å². The Hall–Kier alpha value is -1.30. The second kappa shape index (κ2) is 4.97. The van der Waals surface area contributed by atoms with Crippen molar-refractivity contribution in [1.82, 2.24) is 4.98 Å². The molecule has 0 spiro atoms. The molecule has 0 atom stereocenters. The second-order valence-corrected chi connectivity index (χ2v) is 3.48. The molecule has 0 fully saturated rings. The normalized spacial score (nSPS) is 10.4.